The fourth-order valence-electron chi connectivity index (χ4n) is 4.79. The first kappa shape index (κ1) is 27.7. The topological polar surface area (TPSA) is 96.8 Å². The lowest BCUT2D eigenvalue weighted by molar-refractivity contribution is -0.148. The van der Waals surface area contributed by atoms with Gasteiger partial charge in [0.1, 0.15) is 17.5 Å². The van der Waals surface area contributed by atoms with E-state index < -0.39 is 56.5 Å². The summed E-state index contributed by atoms with van der Waals surface area (Å²) in [7, 11) is -4.63. The molecule has 5 rings (SSSR count). The Hall–Kier alpha value is -3.81. The number of carboxylic acid groups (broad SMARTS) is 1. The van der Waals surface area contributed by atoms with Crippen molar-refractivity contribution in [1.82, 2.24) is 4.98 Å². The van der Waals surface area contributed by atoms with E-state index in [-0.39, 0.29) is 48.0 Å². The summed E-state index contributed by atoms with van der Waals surface area (Å²) in [6.45, 7) is -0.345. The van der Waals surface area contributed by atoms with Crippen LogP contribution in [0.1, 0.15) is 24.1 Å². The van der Waals surface area contributed by atoms with Crippen molar-refractivity contribution in [3.05, 3.63) is 71.9 Å². The van der Waals surface area contributed by atoms with Gasteiger partial charge in [0.25, 0.3) is 10.0 Å². The van der Waals surface area contributed by atoms with E-state index in [0.29, 0.717) is 6.07 Å². The third kappa shape index (κ3) is 5.19. The highest BCUT2D eigenvalue weighted by Gasteiger charge is 2.45. The molecule has 1 aromatic heterocycles. The van der Waals surface area contributed by atoms with E-state index in [9.17, 15) is 44.7 Å². The number of sulfonamides is 1. The number of benzene rings is 2. The first-order valence-electron chi connectivity index (χ1n) is 11.9. The molecule has 1 fully saturated rings. The molecule has 14 heteroatoms. The van der Waals surface area contributed by atoms with Gasteiger partial charge in [0.2, 0.25) is 0 Å². The van der Waals surface area contributed by atoms with Crippen LogP contribution in [0.2, 0.25) is 0 Å². The summed E-state index contributed by atoms with van der Waals surface area (Å²) < 4.78 is 114. The monoisotopic (exact) mass is 586 g/mol. The predicted molar refractivity (Wildman–Crippen MR) is 129 cm³/mol. The molecule has 1 N–H and O–H groups in total. The van der Waals surface area contributed by atoms with Crippen LogP contribution in [0.5, 0.6) is 5.75 Å². The maximum atomic E-state index is 13.8. The SMILES string of the molecule is O=C(O)C1CC(C2CN(S(=O)(=O)c3cccc(C(F)(F)F)c3)c3cc(-c4cccc(C(F)(F)F)n4)ccc3O2)C1. The molecule has 1 saturated carbocycles. The highest BCUT2D eigenvalue weighted by atomic mass is 32.2. The Kier molecular flexibility index (Phi) is 6.71. The number of carboxylic acids is 1. The molecule has 2 aromatic carbocycles. The zero-order valence-corrected chi connectivity index (χ0v) is 21.1. The minimum atomic E-state index is -4.81. The van der Waals surface area contributed by atoms with Crippen molar-refractivity contribution in [3.63, 3.8) is 0 Å². The number of aliphatic carboxylic acids is 1. The summed E-state index contributed by atoms with van der Waals surface area (Å²) in [5.41, 5.74) is -2.43. The molecule has 0 saturated heterocycles. The summed E-state index contributed by atoms with van der Waals surface area (Å²) in [5, 5.41) is 9.22. The summed E-state index contributed by atoms with van der Waals surface area (Å²) >= 11 is 0. The van der Waals surface area contributed by atoms with Crippen LogP contribution in [0, 0.1) is 11.8 Å². The van der Waals surface area contributed by atoms with Crippen molar-refractivity contribution in [2.24, 2.45) is 11.8 Å². The zero-order valence-electron chi connectivity index (χ0n) is 20.3. The highest BCUT2D eigenvalue weighted by molar-refractivity contribution is 7.92. The smallest absolute Gasteiger partial charge is 0.433 e. The second kappa shape index (κ2) is 9.68. The lowest BCUT2D eigenvalue weighted by atomic mass is 9.72. The molecular weight excluding hydrogens is 566 g/mol. The minimum Gasteiger partial charge on any atom is -0.486 e. The van der Waals surface area contributed by atoms with E-state index in [4.69, 9.17) is 4.74 Å². The van der Waals surface area contributed by atoms with Crippen molar-refractivity contribution >= 4 is 21.7 Å². The molecule has 0 amide bonds. The lowest BCUT2D eigenvalue weighted by Crippen LogP contribution is -2.50. The molecule has 1 aliphatic carbocycles. The number of anilines is 1. The van der Waals surface area contributed by atoms with Crippen LogP contribution in [0.4, 0.5) is 32.0 Å². The molecular formula is C26H20F6N2O5S. The Morgan fingerprint density at radius 2 is 1.65 bits per heavy atom. The Labute approximate surface area is 224 Å². The minimum absolute atomic E-state index is 0.0290. The van der Waals surface area contributed by atoms with Crippen molar-refractivity contribution in [2.45, 2.75) is 36.2 Å². The molecule has 0 radical (unpaired) electrons. The number of rotatable bonds is 5. The average molecular weight is 587 g/mol. The van der Waals surface area contributed by atoms with Gasteiger partial charge in [-0.05, 0) is 67.3 Å². The van der Waals surface area contributed by atoms with Gasteiger partial charge in [0.15, 0.2) is 0 Å². The zero-order chi connectivity index (χ0) is 29.0. The normalized spacial score (nSPS) is 21.2. The second-order valence-corrected chi connectivity index (χ2v) is 11.4. The molecule has 3 aromatic rings. The Balaban J connectivity index is 1.58. The molecule has 1 aliphatic heterocycles. The van der Waals surface area contributed by atoms with Crippen molar-refractivity contribution < 1.29 is 49.4 Å². The Bertz CT molecular complexity index is 1570. The van der Waals surface area contributed by atoms with Crippen LogP contribution in [0.3, 0.4) is 0 Å². The van der Waals surface area contributed by atoms with E-state index in [1.807, 2.05) is 0 Å². The van der Waals surface area contributed by atoms with Gasteiger partial charge in [-0.1, -0.05) is 12.1 Å². The van der Waals surface area contributed by atoms with Crippen molar-refractivity contribution in [2.75, 3.05) is 10.8 Å². The standard InChI is InChI=1S/C26H20F6N2O5S/c27-25(28,29)17-3-1-4-18(12-17)40(37,38)34-13-22(15-9-16(10-15)24(35)36)39-21-8-7-14(11-20(21)34)19-5-2-6-23(33-19)26(30,31)32/h1-8,11-12,15-16,22H,9-10,13H2,(H,35,36). The summed E-state index contributed by atoms with van der Waals surface area (Å²) in [6, 6.07) is 10.4. The summed E-state index contributed by atoms with van der Waals surface area (Å²) in [4.78, 5) is 14.3. The van der Waals surface area contributed by atoms with Crippen LogP contribution in [0.25, 0.3) is 11.3 Å². The number of hydrogen-bond acceptors (Lipinski definition) is 5. The molecule has 1 atom stereocenters. The van der Waals surface area contributed by atoms with Crippen LogP contribution >= 0.6 is 0 Å². The molecule has 0 bridgehead atoms. The van der Waals surface area contributed by atoms with E-state index in [0.717, 1.165) is 34.6 Å². The molecule has 2 aliphatic rings. The highest BCUT2D eigenvalue weighted by Crippen LogP contribution is 2.45. The molecule has 0 spiro atoms. The molecule has 40 heavy (non-hydrogen) atoms. The van der Waals surface area contributed by atoms with E-state index in [1.165, 1.54) is 24.3 Å². The van der Waals surface area contributed by atoms with Gasteiger partial charge in [-0.15, -0.1) is 0 Å². The number of ether oxygens (including phenoxy) is 1. The first-order valence-corrected chi connectivity index (χ1v) is 13.4. The number of fused-ring (bicyclic) bond motifs is 1. The number of hydrogen-bond donors (Lipinski definition) is 1. The Morgan fingerprint density at radius 3 is 2.30 bits per heavy atom. The van der Waals surface area contributed by atoms with Crippen LogP contribution in [-0.2, 0) is 27.2 Å². The lowest BCUT2D eigenvalue weighted by Gasteiger charge is -2.43. The van der Waals surface area contributed by atoms with E-state index in [2.05, 4.69) is 4.98 Å². The van der Waals surface area contributed by atoms with Crippen molar-refractivity contribution in [3.8, 4) is 17.0 Å². The second-order valence-electron chi connectivity index (χ2n) is 9.57. The first-order chi connectivity index (χ1) is 18.6. The van der Waals surface area contributed by atoms with Crippen LogP contribution < -0.4 is 9.04 Å². The number of pyridine rings is 1. The molecule has 2 heterocycles. The largest absolute Gasteiger partial charge is 0.486 e. The summed E-state index contributed by atoms with van der Waals surface area (Å²) in [6.07, 6.45) is -9.90. The van der Waals surface area contributed by atoms with Crippen LogP contribution in [0.15, 0.2) is 65.6 Å². The fourth-order valence-corrected chi connectivity index (χ4v) is 6.31. The van der Waals surface area contributed by atoms with Gasteiger partial charge in [-0.3, -0.25) is 9.10 Å². The van der Waals surface area contributed by atoms with Gasteiger partial charge in [-0.25, -0.2) is 13.4 Å². The predicted octanol–water partition coefficient (Wildman–Crippen LogP) is 5.85. The van der Waals surface area contributed by atoms with Crippen molar-refractivity contribution in [1.29, 1.82) is 0 Å². The van der Waals surface area contributed by atoms with Gasteiger partial charge in [0, 0.05) is 5.56 Å². The van der Waals surface area contributed by atoms with Gasteiger partial charge in [-0.2, -0.15) is 26.3 Å². The number of halogens is 6. The van der Waals surface area contributed by atoms with Gasteiger partial charge < -0.3 is 9.84 Å². The Morgan fingerprint density at radius 1 is 0.950 bits per heavy atom. The molecule has 7 nitrogen and oxygen atoms in total. The number of aromatic nitrogens is 1. The molecule has 1 unspecified atom stereocenters. The third-order valence-corrected chi connectivity index (χ3v) is 8.76. The van der Waals surface area contributed by atoms with Gasteiger partial charge >= 0.3 is 18.3 Å². The van der Waals surface area contributed by atoms with Crippen LogP contribution in [-0.4, -0.2) is 37.1 Å². The number of alkyl halides is 6. The maximum absolute atomic E-state index is 13.8. The fraction of sp³-hybridized carbons (Fsp3) is 0.308. The summed E-state index contributed by atoms with van der Waals surface area (Å²) in [5.74, 6) is -1.93. The maximum Gasteiger partial charge on any atom is 0.433 e. The third-order valence-electron chi connectivity index (χ3n) is 6.99. The van der Waals surface area contributed by atoms with E-state index in [1.54, 1.807) is 0 Å². The average Bonchev–Trinajstić information content (AvgIpc) is 2.86. The van der Waals surface area contributed by atoms with Gasteiger partial charge in [0.05, 0.1) is 34.3 Å². The number of carbonyl (C=O) groups is 1. The quantitative estimate of drug-likeness (QED) is 0.377. The van der Waals surface area contributed by atoms with E-state index >= 15 is 0 Å². The molecule has 212 valence electrons. The number of nitrogens with zero attached hydrogens (tertiary/aromatic N) is 2.